The van der Waals surface area contributed by atoms with Crippen molar-refractivity contribution in [2.75, 3.05) is 11.9 Å². The number of nitrogens with zero attached hydrogens (tertiary/aromatic N) is 2. The van der Waals surface area contributed by atoms with E-state index in [0.29, 0.717) is 5.92 Å². The molecule has 0 aromatic carbocycles. The molecule has 0 radical (unpaired) electrons. The number of aliphatic hydroxyl groups is 1. The molecule has 1 aromatic heterocycles. The van der Waals surface area contributed by atoms with Crippen LogP contribution in [0.15, 0.2) is 6.20 Å². The largest absolute Gasteiger partial charge is 0.394 e. The van der Waals surface area contributed by atoms with Crippen LogP contribution in [-0.4, -0.2) is 27.7 Å². The Balaban J connectivity index is 2.73. The minimum atomic E-state index is -0.577. The van der Waals surface area contributed by atoms with Crippen molar-refractivity contribution >= 4 is 17.4 Å². The fourth-order valence-electron chi connectivity index (χ4n) is 1.39. The Labute approximate surface area is 98.9 Å². The summed E-state index contributed by atoms with van der Waals surface area (Å²) in [5.74, 6) is -0.156. The van der Waals surface area contributed by atoms with Gasteiger partial charge >= 0.3 is 0 Å². The number of anilines is 1. The summed E-state index contributed by atoms with van der Waals surface area (Å²) >= 11 is 5.56. The molecule has 1 atom stereocenters. The molecule has 90 valence electrons. The molecule has 0 bridgehead atoms. The zero-order valence-electron chi connectivity index (χ0n) is 9.24. The molecule has 0 spiro atoms. The fraction of sp³-hybridized carbons (Fsp3) is 0.600. The first-order valence-corrected chi connectivity index (χ1v) is 5.46. The third-order valence-corrected chi connectivity index (χ3v) is 2.21. The Morgan fingerprint density at radius 2 is 2.25 bits per heavy atom. The maximum atomic E-state index is 13.3. The van der Waals surface area contributed by atoms with Gasteiger partial charge in [-0.15, -0.1) is 0 Å². The highest BCUT2D eigenvalue weighted by atomic mass is 35.5. The first kappa shape index (κ1) is 13.1. The molecule has 0 aliphatic rings. The zero-order valence-corrected chi connectivity index (χ0v) is 10.00. The monoisotopic (exact) mass is 247 g/mol. The quantitative estimate of drug-likeness (QED) is 0.783. The molecule has 0 fully saturated rings. The van der Waals surface area contributed by atoms with Crippen LogP contribution in [0.4, 0.5) is 10.2 Å². The third-order valence-electron chi connectivity index (χ3n) is 2.03. The van der Waals surface area contributed by atoms with Gasteiger partial charge in [0.2, 0.25) is 5.28 Å². The Hall–Kier alpha value is -0.940. The Morgan fingerprint density at radius 3 is 2.81 bits per heavy atom. The van der Waals surface area contributed by atoms with Crippen LogP contribution in [-0.2, 0) is 0 Å². The maximum Gasteiger partial charge on any atom is 0.224 e. The number of rotatable bonds is 5. The van der Waals surface area contributed by atoms with Gasteiger partial charge in [-0.05, 0) is 23.9 Å². The van der Waals surface area contributed by atoms with Gasteiger partial charge in [-0.3, -0.25) is 0 Å². The number of aromatic nitrogens is 2. The van der Waals surface area contributed by atoms with Gasteiger partial charge in [0.05, 0.1) is 18.8 Å². The van der Waals surface area contributed by atoms with Crippen LogP contribution in [0, 0.1) is 11.7 Å². The van der Waals surface area contributed by atoms with Crippen molar-refractivity contribution in [1.29, 1.82) is 0 Å². The van der Waals surface area contributed by atoms with Crippen LogP contribution in [0.25, 0.3) is 0 Å². The summed E-state index contributed by atoms with van der Waals surface area (Å²) < 4.78 is 13.3. The normalized spacial score (nSPS) is 12.9. The highest BCUT2D eigenvalue weighted by molar-refractivity contribution is 6.28. The number of hydrogen-bond acceptors (Lipinski definition) is 4. The molecule has 4 nitrogen and oxygen atoms in total. The van der Waals surface area contributed by atoms with Gasteiger partial charge in [-0.2, -0.15) is 4.98 Å². The van der Waals surface area contributed by atoms with Crippen molar-refractivity contribution < 1.29 is 9.50 Å². The van der Waals surface area contributed by atoms with Gasteiger partial charge in [0.25, 0.3) is 0 Å². The van der Waals surface area contributed by atoms with Crippen molar-refractivity contribution in [1.82, 2.24) is 9.97 Å². The van der Waals surface area contributed by atoms with Crippen LogP contribution < -0.4 is 5.32 Å². The van der Waals surface area contributed by atoms with E-state index in [9.17, 15) is 4.39 Å². The predicted molar refractivity (Wildman–Crippen MR) is 61.0 cm³/mol. The summed E-state index contributed by atoms with van der Waals surface area (Å²) in [4.78, 5) is 7.24. The summed E-state index contributed by atoms with van der Waals surface area (Å²) in [5.41, 5.74) is 0. The Morgan fingerprint density at radius 1 is 1.56 bits per heavy atom. The number of nitrogens with one attached hydrogen (secondary N) is 1. The number of hydrogen-bond donors (Lipinski definition) is 2. The van der Waals surface area contributed by atoms with E-state index < -0.39 is 5.82 Å². The van der Waals surface area contributed by atoms with Crippen LogP contribution in [0.1, 0.15) is 20.3 Å². The second-order valence-electron chi connectivity index (χ2n) is 3.99. The molecule has 16 heavy (non-hydrogen) atoms. The molecule has 0 aliphatic heterocycles. The molecule has 0 saturated heterocycles. The van der Waals surface area contributed by atoms with Crippen LogP contribution in [0.3, 0.4) is 0 Å². The Bertz CT molecular complexity index is 349. The smallest absolute Gasteiger partial charge is 0.224 e. The summed E-state index contributed by atoms with van der Waals surface area (Å²) in [5, 5.41) is 11.9. The average molecular weight is 248 g/mol. The lowest BCUT2D eigenvalue weighted by molar-refractivity contribution is 0.259. The van der Waals surface area contributed by atoms with Crippen molar-refractivity contribution in [3.63, 3.8) is 0 Å². The maximum absolute atomic E-state index is 13.3. The third kappa shape index (κ3) is 3.90. The van der Waals surface area contributed by atoms with E-state index in [-0.39, 0.29) is 23.8 Å². The van der Waals surface area contributed by atoms with E-state index in [1.165, 1.54) is 0 Å². The lowest BCUT2D eigenvalue weighted by Gasteiger charge is -2.18. The van der Waals surface area contributed by atoms with Crippen molar-refractivity contribution in [3.8, 4) is 0 Å². The van der Waals surface area contributed by atoms with Crippen molar-refractivity contribution in [2.45, 2.75) is 26.3 Å². The summed E-state index contributed by atoms with van der Waals surface area (Å²) in [6.07, 6.45) is 1.72. The fourth-order valence-corrected chi connectivity index (χ4v) is 1.52. The van der Waals surface area contributed by atoms with Gasteiger partial charge in [0.1, 0.15) is 0 Å². The van der Waals surface area contributed by atoms with E-state index in [4.69, 9.17) is 16.7 Å². The van der Waals surface area contributed by atoms with E-state index in [1.54, 1.807) is 0 Å². The molecule has 1 aromatic rings. The molecule has 1 unspecified atom stereocenters. The summed E-state index contributed by atoms with van der Waals surface area (Å²) in [7, 11) is 0. The van der Waals surface area contributed by atoms with Gasteiger partial charge < -0.3 is 10.4 Å². The molecular formula is C10H15ClFN3O. The van der Waals surface area contributed by atoms with Crippen LogP contribution in [0.2, 0.25) is 5.28 Å². The number of aliphatic hydroxyl groups excluding tert-OH is 1. The lowest BCUT2D eigenvalue weighted by atomic mass is 10.0. The molecule has 0 amide bonds. The van der Waals surface area contributed by atoms with E-state index in [1.807, 2.05) is 13.8 Å². The van der Waals surface area contributed by atoms with Gasteiger partial charge in [0.15, 0.2) is 11.6 Å². The van der Waals surface area contributed by atoms with Gasteiger partial charge in [0, 0.05) is 0 Å². The minimum Gasteiger partial charge on any atom is -0.394 e. The second kappa shape index (κ2) is 5.96. The standard InChI is InChI=1S/C10H15ClFN3O/c1-6(2)3-7(5-16)14-9-8(12)4-13-10(11)15-9/h4,6-7,16H,3,5H2,1-2H3,(H,13,14,15). The molecule has 1 rings (SSSR count). The first-order valence-electron chi connectivity index (χ1n) is 5.08. The highest BCUT2D eigenvalue weighted by Gasteiger charge is 2.13. The molecular weight excluding hydrogens is 233 g/mol. The minimum absolute atomic E-state index is 0.0230. The van der Waals surface area contributed by atoms with E-state index in [2.05, 4.69) is 15.3 Å². The highest BCUT2D eigenvalue weighted by Crippen LogP contribution is 2.15. The van der Waals surface area contributed by atoms with Gasteiger partial charge in [-0.1, -0.05) is 13.8 Å². The zero-order chi connectivity index (χ0) is 12.1. The molecule has 0 aliphatic carbocycles. The second-order valence-corrected chi connectivity index (χ2v) is 4.33. The van der Waals surface area contributed by atoms with Crippen LogP contribution in [0.5, 0.6) is 0 Å². The van der Waals surface area contributed by atoms with E-state index >= 15 is 0 Å². The summed E-state index contributed by atoms with van der Waals surface area (Å²) in [6.45, 7) is 3.96. The predicted octanol–water partition coefficient (Wildman–Crippen LogP) is 2.09. The Kier molecular flexibility index (Phi) is 4.89. The molecule has 2 N–H and O–H groups in total. The van der Waals surface area contributed by atoms with Crippen molar-refractivity contribution in [2.24, 2.45) is 5.92 Å². The summed E-state index contributed by atoms with van der Waals surface area (Å²) in [6, 6.07) is -0.236. The molecule has 0 saturated carbocycles. The van der Waals surface area contributed by atoms with Crippen LogP contribution >= 0.6 is 11.6 Å². The van der Waals surface area contributed by atoms with E-state index in [0.717, 1.165) is 12.6 Å². The molecule has 1 heterocycles. The average Bonchev–Trinajstić information content (AvgIpc) is 2.21. The van der Waals surface area contributed by atoms with Crippen molar-refractivity contribution in [3.05, 3.63) is 17.3 Å². The first-order chi connectivity index (χ1) is 7.52. The lowest BCUT2D eigenvalue weighted by Crippen LogP contribution is -2.26. The molecule has 6 heteroatoms. The number of halogens is 2. The topological polar surface area (TPSA) is 58.0 Å². The van der Waals surface area contributed by atoms with Gasteiger partial charge in [-0.25, -0.2) is 9.37 Å². The SMILES string of the molecule is CC(C)CC(CO)Nc1nc(Cl)ncc1F.